The molecule has 3 nitrogen and oxygen atoms in total. The Kier molecular flexibility index (Phi) is 3.65. The predicted octanol–water partition coefficient (Wildman–Crippen LogP) is 4.16. The molecule has 0 radical (unpaired) electrons. The Morgan fingerprint density at radius 2 is 1.33 bits per heavy atom. The molecule has 0 amide bonds. The lowest BCUT2D eigenvalue weighted by Gasteiger charge is -2.12. The molecular formula is C18H17N3. The summed E-state index contributed by atoms with van der Waals surface area (Å²) >= 11 is 0. The van der Waals surface area contributed by atoms with E-state index < -0.39 is 0 Å². The summed E-state index contributed by atoms with van der Waals surface area (Å²) in [4.78, 5) is 9.40. The summed E-state index contributed by atoms with van der Waals surface area (Å²) in [6.07, 6.45) is 0. The summed E-state index contributed by atoms with van der Waals surface area (Å²) in [5.74, 6) is 1.60. The Hall–Kier alpha value is -2.68. The lowest BCUT2D eigenvalue weighted by atomic mass is 10.1. The van der Waals surface area contributed by atoms with Crippen molar-refractivity contribution < 1.29 is 0 Å². The van der Waals surface area contributed by atoms with Gasteiger partial charge in [-0.1, -0.05) is 60.7 Å². The maximum atomic E-state index is 4.77. The average molecular weight is 275 g/mol. The van der Waals surface area contributed by atoms with Crippen molar-refractivity contribution in [3.8, 4) is 22.6 Å². The third kappa shape index (κ3) is 2.63. The average Bonchev–Trinajstić information content (AvgIpc) is 2.56. The quantitative estimate of drug-likeness (QED) is 0.780. The van der Waals surface area contributed by atoms with Crippen LogP contribution in [0.25, 0.3) is 22.6 Å². The van der Waals surface area contributed by atoms with E-state index in [-0.39, 0.29) is 0 Å². The maximum Gasteiger partial charge on any atom is 0.162 e. The van der Waals surface area contributed by atoms with Gasteiger partial charge < -0.3 is 5.32 Å². The molecule has 1 heterocycles. The molecule has 0 bridgehead atoms. The first-order valence-corrected chi connectivity index (χ1v) is 6.97. The molecule has 0 aliphatic carbocycles. The Balaban J connectivity index is 2.21. The lowest BCUT2D eigenvalue weighted by Crippen LogP contribution is -2.02. The number of nitrogens with one attached hydrogen (secondary N) is 1. The molecule has 1 aromatic heterocycles. The highest BCUT2D eigenvalue weighted by Gasteiger charge is 2.12. The van der Waals surface area contributed by atoms with Gasteiger partial charge in [-0.25, -0.2) is 9.97 Å². The van der Waals surface area contributed by atoms with Crippen LogP contribution in [0.1, 0.15) is 5.56 Å². The van der Waals surface area contributed by atoms with Gasteiger partial charge in [0.05, 0.1) is 5.69 Å². The smallest absolute Gasteiger partial charge is 0.162 e. The molecular weight excluding hydrogens is 258 g/mol. The van der Waals surface area contributed by atoms with Crippen LogP contribution in [0.4, 0.5) is 5.82 Å². The molecule has 0 saturated heterocycles. The van der Waals surface area contributed by atoms with E-state index in [1.165, 1.54) is 0 Å². The molecule has 0 saturated carbocycles. The van der Waals surface area contributed by atoms with Gasteiger partial charge in [0.25, 0.3) is 0 Å². The molecule has 0 atom stereocenters. The Morgan fingerprint density at radius 1 is 0.762 bits per heavy atom. The summed E-state index contributed by atoms with van der Waals surface area (Å²) in [6.45, 7) is 2.04. The highest BCUT2D eigenvalue weighted by Crippen LogP contribution is 2.28. The van der Waals surface area contributed by atoms with Gasteiger partial charge in [0.2, 0.25) is 0 Å². The van der Waals surface area contributed by atoms with Crippen molar-refractivity contribution in [2.24, 2.45) is 0 Å². The minimum absolute atomic E-state index is 0.740. The summed E-state index contributed by atoms with van der Waals surface area (Å²) < 4.78 is 0. The Morgan fingerprint density at radius 3 is 1.90 bits per heavy atom. The van der Waals surface area contributed by atoms with E-state index in [4.69, 9.17) is 4.98 Å². The van der Waals surface area contributed by atoms with Crippen molar-refractivity contribution in [1.82, 2.24) is 9.97 Å². The van der Waals surface area contributed by atoms with Gasteiger partial charge in [0, 0.05) is 23.7 Å². The second kappa shape index (κ2) is 5.75. The van der Waals surface area contributed by atoms with Gasteiger partial charge in [0.15, 0.2) is 5.82 Å². The molecule has 104 valence electrons. The van der Waals surface area contributed by atoms with Gasteiger partial charge in [0.1, 0.15) is 5.82 Å². The summed E-state index contributed by atoms with van der Waals surface area (Å²) in [5.41, 5.74) is 4.15. The van der Waals surface area contributed by atoms with Crippen LogP contribution >= 0.6 is 0 Å². The fraction of sp³-hybridized carbons (Fsp3) is 0.111. The molecule has 0 aliphatic heterocycles. The van der Waals surface area contributed by atoms with Crippen LogP contribution in [-0.2, 0) is 0 Å². The van der Waals surface area contributed by atoms with E-state index in [1.807, 2.05) is 62.5 Å². The first kappa shape index (κ1) is 13.3. The van der Waals surface area contributed by atoms with Gasteiger partial charge in [-0.15, -0.1) is 0 Å². The Labute approximate surface area is 124 Å². The van der Waals surface area contributed by atoms with Crippen molar-refractivity contribution in [2.45, 2.75) is 6.92 Å². The molecule has 0 spiro atoms. The van der Waals surface area contributed by atoms with Crippen molar-refractivity contribution in [1.29, 1.82) is 0 Å². The summed E-state index contributed by atoms with van der Waals surface area (Å²) in [6, 6.07) is 20.3. The molecule has 1 N–H and O–H groups in total. The molecule has 0 unspecified atom stereocenters. The highest BCUT2D eigenvalue weighted by atomic mass is 15.0. The monoisotopic (exact) mass is 275 g/mol. The van der Waals surface area contributed by atoms with Gasteiger partial charge in [-0.2, -0.15) is 0 Å². The number of anilines is 1. The number of hydrogen-bond acceptors (Lipinski definition) is 3. The highest BCUT2D eigenvalue weighted by molar-refractivity contribution is 5.71. The minimum Gasteiger partial charge on any atom is -0.373 e. The number of hydrogen-bond donors (Lipinski definition) is 1. The summed E-state index contributed by atoms with van der Waals surface area (Å²) in [7, 11) is 1.89. The zero-order valence-electron chi connectivity index (χ0n) is 12.2. The van der Waals surface area contributed by atoms with E-state index in [0.717, 1.165) is 34.0 Å². The van der Waals surface area contributed by atoms with Crippen LogP contribution in [0.15, 0.2) is 60.7 Å². The van der Waals surface area contributed by atoms with E-state index in [9.17, 15) is 0 Å². The molecule has 21 heavy (non-hydrogen) atoms. The molecule has 3 aromatic rings. The SMILES string of the molecule is CNc1nc(-c2ccccc2)nc(-c2ccccc2)c1C. The van der Waals surface area contributed by atoms with Crippen molar-refractivity contribution in [3.05, 3.63) is 66.2 Å². The molecule has 2 aromatic carbocycles. The van der Waals surface area contributed by atoms with Gasteiger partial charge in [-0.05, 0) is 6.92 Å². The number of aromatic nitrogens is 2. The van der Waals surface area contributed by atoms with Crippen molar-refractivity contribution >= 4 is 5.82 Å². The van der Waals surface area contributed by atoms with E-state index in [2.05, 4.69) is 22.4 Å². The lowest BCUT2D eigenvalue weighted by molar-refractivity contribution is 1.13. The molecule has 0 aliphatic rings. The van der Waals surface area contributed by atoms with E-state index >= 15 is 0 Å². The van der Waals surface area contributed by atoms with E-state index in [1.54, 1.807) is 0 Å². The molecule has 3 heteroatoms. The largest absolute Gasteiger partial charge is 0.373 e. The zero-order valence-corrected chi connectivity index (χ0v) is 12.2. The van der Waals surface area contributed by atoms with Gasteiger partial charge >= 0.3 is 0 Å². The van der Waals surface area contributed by atoms with Crippen LogP contribution in [0.3, 0.4) is 0 Å². The van der Waals surface area contributed by atoms with Gasteiger partial charge in [-0.3, -0.25) is 0 Å². The second-order valence-corrected chi connectivity index (χ2v) is 4.85. The molecule has 3 rings (SSSR count). The zero-order chi connectivity index (χ0) is 14.7. The van der Waals surface area contributed by atoms with Crippen LogP contribution < -0.4 is 5.32 Å². The fourth-order valence-corrected chi connectivity index (χ4v) is 2.35. The number of rotatable bonds is 3. The third-order valence-corrected chi connectivity index (χ3v) is 3.46. The predicted molar refractivity (Wildman–Crippen MR) is 87.2 cm³/mol. The Bertz CT molecular complexity index is 737. The topological polar surface area (TPSA) is 37.8 Å². The van der Waals surface area contributed by atoms with Crippen molar-refractivity contribution in [3.63, 3.8) is 0 Å². The minimum atomic E-state index is 0.740. The summed E-state index contributed by atoms with van der Waals surface area (Å²) in [5, 5.41) is 3.16. The van der Waals surface area contributed by atoms with E-state index in [0.29, 0.717) is 0 Å². The van der Waals surface area contributed by atoms with Crippen LogP contribution in [0.2, 0.25) is 0 Å². The third-order valence-electron chi connectivity index (χ3n) is 3.46. The van der Waals surface area contributed by atoms with Crippen molar-refractivity contribution in [2.75, 3.05) is 12.4 Å². The first-order chi connectivity index (χ1) is 10.3. The fourth-order valence-electron chi connectivity index (χ4n) is 2.35. The second-order valence-electron chi connectivity index (χ2n) is 4.85. The van der Waals surface area contributed by atoms with Crippen LogP contribution in [0.5, 0.6) is 0 Å². The standard InChI is InChI=1S/C18H17N3/c1-13-16(14-9-5-3-6-10-14)20-18(21-17(13)19-2)15-11-7-4-8-12-15/h3-12H,1-2H3,(H,19,20,21). The maximum absolute atomic E-state index is 4.77. The van der Waals surface area contributed by atoms with Crippen LogP contribution in [0, 0.1) is 6.92 Å². The number of benzene rings is 2. The number of nitrogens with zero attached hydrogens (tertiary/aromatic N) is 2. The normalized spacial score (nSPS) is 10.4. The molecule has 0 fully saturated rings. The first-order valence-electron chi connectivity index (χ1n) is 6.97. The van der Waals surface area contributed by atoms with Crippen LogP contribution in [-0.4, -0.2) is 17.0 Å².